The first-order chi connectivity index (χ1) is 14.5. The van der Waals surface area contributed by atoms with Crippen LogP contribution in [-0.2, 0) is 14.4 Å². The van der Waals surface area contributed by atoms with Crippen molar-refractivity contribution in [3.63, 3.8) is 0 Å². The summed E-state index contributed by atoms with van der Waals surface area (Å²) in [6, 6.07) is -0.504. The van der Waals surface area contributed by atoms with Gasteiger partial charge in [0.25, 0.3) is 0 Å². The second-order valence-corrected chi connectivity index (χ2v) is 10.7. The highest BCUT2D eigenvalue weighted by atomic mass is 32.2. The van der Waals surface area contributed by atoms with Crippen molar-refractivity contribution in [3.05, 3.63) is 12.7 Å². The molecule has 30 heavy (non-hydrogen) atoms. The normalized spacial score (nSPS) is 35.5. The van der Waals surface area contributed by atoms with Crippen molar-refractivity contribution in [1.29, 1.82) is 0 Å². The Balaban J connectivity index is 1.70. The fourth-order valence-electron chi connectivity index (χ4n) is 6.30. The largest absolute Gasteiger partial charge is 0.481 e. The quantitative estimate of drug-likeness (QED) is 0.564. The van der Waals surface area contributed by atoms with Crippen LogP contribution in [0.3, 0.4) is 0 Å². The van der Waals surface area contributed by atoms with E-state index in [4.69, 9.17) is 0 Å². The van der Waals surface area contributed by atoms with Crippen LogP contribution in [0, 0.1) is 11.8 Å². The summed E-state index contributed by atoms with van der Waals surface area (Å²) in [7, 11) is 0. The Morgan fingerprint density at radius 1 is 1.27 bits per heavy atom. The Bertz CT molecular complexity index is 724. The molecule has 4 fully saturated rings. The van der Waals surface area contributed by atoms with Gasteiger partial charge in [-0.25, -0.2) is 0 Å². The molecule has 2 bridgehead atoms. The number of carbonyl (C=O) groups is 3. The molecule has 2 N–H and O–H groups in total. The maximum Gasteiger partial charge on any atom is 0.308 e. The lowest BCUT2D eigenvalue weighted by molar-refractivity contribution is -0.148. The number of rotatable bonds is 8. The van der Waals surface area contributed by atoms with E-state index in [1.54, 1.807) is 22.7 Å². The van der Waals surface area contributed by atoms with Gasteiger partial charge in [-0.3, -0.25) is 14.4 Å². The van der Waals surface area contributed by atoms with Crippen LogP contribution in [0.25, 0.3) is 0 Å². The molecule has 1 saturated carbocycles. The lowest BCUT2D eigenvalue weighted by Gasteiger charge is -2.41. The Morgan fingerprint density at radius 3 is 2.63 bits per heavy atom. The maximum absolute atomic E-state index is 14.0. The summed E-state index contributed by atoms with van der Waals surface area (Å²) in [5.74, 6) is -2.59. The SMILES string of the molecule is C=CCN(C(=O)C1N(CCCO)C(=O)[C@@H]2[C@H](C(=O)O)[C@@H]3CCC12S3)C1CCCCC1. The van der Waals surface area contributed by atoms with Crippen LogP contribution in [0.2, 0.25) is 0 Å². The molecule has 8 heteroatoms. The lowest BCUT2D eigenvalue weighted by atomic mass is 9.71. The van der Waals surface area contributed by atoms with Gasteiger partial charge in [-0.15, -0.1) is 18.3 Å². The van der Waals surface area contributed by atoms with Crippen molar-refractivity contribution in [2.24, 2.45) is 11.8 Å². The van der Waals surface area contributed by atoms with Gasteiger partial charge in [-0.05, 0) is 32.1 Å². The van der Waals surface area contributed by atoms with Crippen LogP contribution in [0.4, 0.5) is 0 Å². The predicted octanol–water partition coefficient (Wildman–Crippen LogP) is 1.89. The van der Waals surface area contributed by atoms with Crippen molar-refractivity contribution in [2.45, 2.75) is 73.4 Å². The molecule has 7 nitrogen and oxygen atoms in total. The van der Waals surface area contributed by atoms with Gasteiger partial charge in [-0.2, -0.15) is 0 Å². The molecular weight excluding hydrogens is 404 g/mol. The van der Waals surface area contributed by atoms with Crippen molar-refractivity contribution in [3.8, 4) is 0 Å². The molecule has 5 atom stereocenters. The topological polar surface area (TPSA) is 98.2 Å². The summed E-state index contributed by atoms with van der Waals surface area (Å²) in [6.45, 7) is 4.50. The van der Waals surface area contributed by atoms with Crippen LogP contribution in [0.5, 0.6) is 0 Å². The third kappa shape index (κ3) is 3.27. The van der Waals surface area contributed by atoms with Crippen molar-refractivity contribution in [1.82, 2.24) is 9.80 Å². The fourth-order valence-corrected chi connectivity index (χ4v) is 8.51. The highest BCUT2D eigenvalue weighted by Crippen LogP contribution is 2.66. The number of aliphatic carboxylic acids is 1. The number of nitrogens with zero attached hydrogens (tertiary/aromatic N) is 2. The Kier molecular flexibility index (Phi) is 6.17. The van der Waals surface area contributed by atoms with E-state index in [1.165, 1.54) is 6.42 Å². The molecule has 3 heterocycles. The van der Waals surface area contributed by atoms with E-state index in [2.05, 4.69) is 6.58 Å². The molecule has 4 aliphatic rings. The molecule has 0 aromatic heterocycles. The number of carboxylic acid groups (broad SMARTS) is 1. The van der Waals surface area contributed by atoms with Gasteiger partial charge < -0.3 is 20.0 Å². The van der Waals surface area contributed by atoms with E-state index >= 15 is 0 Å². The number of aliphatic hydroxyl groups is 1. The van der Waals surface area contributed by atoms with E-state index in [0.29, 0.717) is 19.4 Å². The second-order valence-electron chi connectivity index (χ2n) is 9.07. The van der Waals surface area contributed by atoms with E-state index < -0.39 is 28.6 Å². The molecule has 3 saturated heterocycles. The Labute approximate surface area is 181 Å². The highest BCUT2D eigenvalue weighted by Gasteiger charge is 2.74. The van der Waals surface area contributed by atoms with E-state index in [0.717, 1.165) is 32.1 Å². The lowest BCUT2D eigenvalue weighted by Crippen LogP contribution is -2.57. The van der Waals surface area contributed by atoms with Gasteiger partial charge >= 0.3 is 5.97 Å². The molecule has 2 amide bonds. The van der Waals surface area contributed by atoms with E-state index in [1.807, 2.05) is 4.90 Å². The van der Waals surface area contributed by atoms with Crippen molar-refractivity contribution in [2.75, 3.05) is 19.7 Å². The zero-order valence-electron chi connectivity index (χ0n) is 17.4. The molecule has 0 radical (unpaired) electrons. The number of hydrogen-bond donors (Lipinski definition) is 2. The van der Waals surface area contributed by atoms with Crippen LogP contribution >= 0.6 is 11.8 Å². The zero-order chi connectivity index (χ0) is 21.5. The van der Waals surface area contributed by atoms with Crippen LogP contribution in [0.15, 0.2) is 12.7 Å². The van der Waals surface area contributed by atoms with Crippen LogP contribution in [0.1, 0.15) is 51.4 Å². The summed E-state index contributed by atoms with van der Waals surface area (Å²) >= 11 is 1.57. The van der Waals surface area contributed by atoms with E-state index in [-0.39, 0.29) is 36.3 Å². The molecule has 4 rings (SSSR count). The summed E-state index contributed by atoms with van der Waals surface area (Å²) in [5.41, 5.74) is 0. The van der Waals surface area contributed by atoms with Gasteiger partial charge in [-0.1, -0.05) is 25.3 Å². The second kappa shape index (κ2) is 8.54. The molecule has 0 aromatic carbocycles. The number of hydrogen-bond acceptors (Lipinski definition) is 5. The monoisotopic (exact) mass is 436 g/mol. The maximum atomic E-state index is 14.0. The Morgan fingerprint density at radius 2 is 2.00 bits per heavy atom. The fraction of sp³-hybridized carbons (Fsp3) is 0.773. The predicted molar refractivity (Wildman–Crippen MR) is 114 cm³/mol. The van der Waals surface area contributed by atoms with Crippen molar-refractivity contribution < 1.29 is 24.6 Å². The zero-order valence-corrected chi connectivity index (χ0v) is 18.2. The molecule has 2 unspecified atom stereocenters. The van der Waals surface area contributed by atoms with E-state index in [9.17, 15) is 24.6 Å². The first-order valence-electron chi connectivity index (χ1n) is 11.2. The number of carboxylic acids is 1. The van der Waals surface area contributed by atoms with Crippen molar-refractivity contribution >= 4 is 29.5 Å². The van der Waals surface area contributed by atoms with Gasteiger partial charge in [0.05, 0.1) is 16.6 Å². The number of fused-ring (bicyclic) bond motifs is 1. The third-order valence-electron chi connectivity index (χ3n) is 7.50. The average Bonchev–Trinajstić information content (AvgIpc) is 3.38. The average molecular weight is 437 g/mol. The minimum atomic E-state index is -0.933. The molecule has 1 aliphatic carbocycles. The van der Waals surface area contributed by atoms with Crippen LogP contribution in [-0.4, -0.2) is 79.6 Å². The number of likely N-dealkylation sites (tertiary alicyclic amines) is 1. The number of aliphatic hydroxyl groups excluding tert-OH is 1. The summed E-state index contributed by atoms with van der Waals surface area (Å²) < 4.78 is -0.661. The minimum absolute atomic E-state index is 0.0604. The molecule has 1 spiro atoms. The summed E-state index contributed by atoms with van der Waals surface area (Å²) in [6.07, 6.45) is 8.84. The number of amides is 2. The summed E-state index contributed by atoms with van der Waals surface area (Å²) in [5, 5.41) is 19.1. The third-order valence-corrected chi connectivity index (χ3v) is 9.45. The minimum Gasteiger partial charge on any atom is -0.481 e. The number of thioether (sulfide) groups is 1. The standard InChI is InChI=1S/C22H32N2O5S/c1-2-11-23(14-7-4-3-5-8-14)20(27)18-22-10-9-15(30-22)16(21(28)29)17(22)19(26)24(18)12-6-13-25/h2,14-18,25H,1,3-13H2,(H,28,29)/t15-,16+,17-,18?,22?/m0/s1. The first kappa shape index (κ1) is 21.7. The van der Waals surface area contributed by atoms with Gasteiger partial charge in [0, 0.05) is 31.0 Å². The van der Waals surface area contributed by atoms with Gasteiger partial charge in [0.15, 0.2) is 0 Å². The molecular formula is C22H32N2O5S. The molecule has 0 aromatic rings. The number of carbonyl (C=O) groups excluding carboxylic acids is 2. The van der Waals surface area contributed by atoms with Crippen LogP contribution < -0.4 is 0 Å². The Hall–Kier alpha value is -1.54. The smallest absolute Gasteiger partial charge is 0.308 e. The summed E-state index contributed by atoms with van der Waals surface area (Å²) in [4.78, 5) is 43.0. The molecule has 3 aliphatic heterocycles. The molecule has 166 valence electrons. The highest BCUT2D eigenvalue weighted by molar-refractivity contribution is 8.02. The van der Waals surface area contributed by atoms with Gasteiger partial charge in [0.1, 0.15) is 6.04 Å². The van der Waals surface area contributed by atoms with Gasteiger partial charge in [0.2, 0.25) is 11.8 Å². The first-order valence-corrected chi connectivity index (χ1v) is 12.1.